The second kappa shape index (κ2) is 12.2. The van der Waals surface area contributed by atoms with E-state index in [2.05, 4.69) is 19.1 Å². The summed E-state index contributed by atoms with van der Waals surface area (Å²) in [5, 5.41) is 0.757. The highest BCUT2D eigenvalue weighted by Crippen LogP contribution is 2.22. The molecule has 1 atom stereocenters. The molecular weight excluding hydrogens is 352 g/mol. The van der Waals surface area contributed by atoms with Crippen LogP contribution in [0.5, 0.6) is 5.75 Å². The van der Waals surface area contributed by atoms with E-state index in [9.17, 15) is 0 Å². The minimum absolute atomic E-state index is 0.0389. The number of hydrogen-bond donors (Lipinski definition) is 0. The molecule has 138 valence electrons. The summed E-state index contributed by atoms with van der Waals surface area (Å²) in [6, 6.07) is 16.0. The summed E-state index contributed by atoms with van der Waals surface area (Å²) < 4.78 is 11.8. The first kappa shape index (κ1) is 21.9. The van der Waals surface area contributed by atoms with Crippen LogP contribution in [0.3, 0.4) is 0 Å². The third-order valence-corrected chi connectivity index (χ3v) is 4.57. The van der Waals surface area contributed by atoms with E-state index in [0.717, 1.165) is 16.5 Å². The highest BCUT2D eigenvalue weighted by molar-refractivity contribution is 7.99. The molecule has 2 rings (SSSR count). The molecule has 2 nitrogen and oxygen atoms in total. The van der Waals surface area contributed by atoms with Crippen molar-refractivity contribution in [2.45, 2.75) is 51.7 Å². The number of ether oxygens (including phenoxy) is 2. The second-order valence-electron chi connectivity index (χ2n) is 5.70. The smallest absolute Gasteiger partial charge is 0.119 e. The van der Waals surface area contributed by atoms with Crippen molar-refractivity contribution in [3.05, 3.63) is 59.1 Å². The molecule has 0 bridgehead atoms. The van der Waals surface area contributed by atoms with E-state index in [1.807, 2.05) is 64.1 Å². The molecule has 4 heteroatoms. The molecule has 0 aliphatic heterocycles. The Hall–Kier alpha value is -1.16. The first-order valence-corrected chi connectivity index (χ1v) is 10.1. The lowest BCUT2D eigenvalue weighted by Gasteiger charge is -2.20. The highest BCUT2D eigenvalue weighted by Gasteiger charge is 2.13. The molecule has 2 aromatic rings. The van der Waals surface area contributed by atoms with Gasteiger partial charge in [0, 0.05) is 15.7 Å². The third kappa shape index (κ3) is 9.20. The van der Waals surface area contributed by atoms with E-state index >= 15 is 0 Å². The van der Waals surface area contributed by atoms with Gasteiger partial charge in [-0.1, -0.05) is 43.1 Å². The van der Waals surface area contributed by atoms with Gasteiger partial charge in [0.1, 0.15) is 18.5 Å². The summed E-state index contributed by atoms with van der Waals surface area (Å²) in [7, 11) is 0. The standard InChI is InChI=1S/C19H23ClO2S.C2H6/c1-14(2)22-18(12-21-17-8-4-15(3)5-9-17)13-23-19-10-6-16(20)7-11-19;1-2/h4-11,14,18H,12-13H2,1-3H3;1-2H3. The fraction of sp³-hybridized carbons (Fsp3) is 0.429. The number of hydrogen-bond acceptors (Lipinski definition) is 3. The molecule has 0 heterocycles. The van der Waals surface area contributed by atoms with E-state index in [0.29, 0.717) is 6.61 Å². The zero-order valence-corrected chi connectivity index (χ0v) is 17.4. The van der Waals surface area contributed by atoms with E-state index in [1.165, 1.54) is 10.5 Å². The average molecular weight is 381 g/mol. The van der Waals surface area contributed by atoms with Crippen LogP contribution >= 0.6 is 23.4 Å². The Labute approximate surface area is 161 Å². The lowest BCUT2D eigenvalue weighted by molar-refractivity contribution is -0.00354. The number of aryl methyl sites for hydroxylation is 1. The minimum Gasteiger partial charge on any atom is -0.491 e. The van der Waals surface area contributed by atoms with Gasteiger partial charge >= 0.3 is 0 Å². The van der Waals surface area contributed by atoms with E-state index in [-0.39, 0.29) is 12.2 Å². The van der Waals surface area contributed by atoms with Gasteiger partial charge < -0.3 is 9.47 Å². The first-order chi connectivity index (χ1) is 12.0. The number of rotatable bonds is 8. The molecule has 0 spiro atoms. The Bertz CT molecular complexity index is 532. The third-order valence-electron chi connectivity index (χ3n) is 3.17. The normalized spacial score (nSPS) is 11.6. The van der Waals surface area contributed by atoms with Crippen LogP contribution in [0.2, 0.25) is 5.02 Å². The van der Waals surface area contributed by atoms with Gasteiger partial charge in [-0.2, -0.15) is 0 Å². The van der Waals surface area contributed by atoms with Crippen molar-refractivity contribution >= 4 is 23.4 Å². The molecule has 2 aromatic carbocycles. The number of halogens is 1. The number of benzene rings is 2. The Morgan fingerprint density at radius 2 is 1.56 bits per heavy atom. The van der Waals surface area contributed by atoms with Crippen LogP contribution in [-0.2, 0) is 4.74 Å². The predicted octanol–water partition coefficient (Wildman–Crippen LogP) is 6.64. The number of thioether (sulfide) groups is 1. The molecule has 0 fully saturated rings. The summed E-state index contributed by atoms with van der Waals surface area (Å²) in [5.74, 6) is 1.72. The Balaban J connectivity index is 0.00000151. The van der Waals surface area contributed by atoms with Crippen LogP contribution in [0.25, 0.3) is 0 Å². The van der Waals surface area contributed by atoms with Gasteiger partial charge in [-0.3, -0.25) is 0 Å². The highest BCUT2D eigenvalue weighted by atomic mass is 35.5. The van der Waals surface area contributed by atoms with Crippen LogP contribution < -0.4 is 4.74 Å². The van der Waals surface area contributed by atoms with Crippen molar-refractivity contribution in [2.24, 2.45) is 0 Å². The zero-order valence-electron chi connectivity index (χ0n) is 15.8. The molecule has 0 saturated carbocycles. The van der Waals surface area contributed by atoms with Crippen LogP contribution in [-0.4, -0.2) is 24.6 Å². The van der Waals surface area contributed by atoms with Gasteiger partial charge in [0.25, 0.3) is 0 Å². The van der Waals surface area contributed by atoms with Crippen LogP contribution in [0.1, 0.15) is 33.3 Å². The predicted molar refractivity (Wildman–Crippen MR) is 110 cm³/mol. The van der Waals surface area contributed by atoms with Gasteiger partial charge in [-0.25, -0.2) is 0 Å². The van der Waals surface area contributed by atoms with Gasteiger partial charge in [-0.05, 0) is 57.2 Å². The van der Waals surface area contributed by atoms with Crippen molar-refractivity contribution in [1.29, 1.82) is 0 Å². The fourth-order valence-electron chi connectivity index (χ4n) is 2.06. The lowest BCUT2D eigenvalue weighted by Crippen LogP contribution is -2.27. The molecule has 0 aliphatic rings. The molecule has 0 aliphatic carbocycles. The van der Waals surface area contributed by atoms with Crippen molar-refractivity contribution < 1.29 is 9.47 Å². The first-order valence-electron chi connectivity index (χ1n) is 8.76. The average Bonchev–Trinajstić information content (AvgIpc) is 2.61. The van der Waals surface area contributed by atoms with E-state index in [1.54, 1.807) is 11.8 Å². The summed E-state index contributed by atoms with van der Waals surface area (Å²) in [5.41, 5.74) is 1.23. The summed E-state index contributed by atoms with van der Waals surface area (Å²) in [6.07, 6.45) is 0.212. The maximum atomic E-state index is 5.97. The molecule has 0 saturated heterocycles. The van der Waals surface area contributed by atoms with Gasteiger partial charge in [0.05, 0.1) is 6.10 Å². The molecule has 0 radical (unpaired) electrons. The summed E-state index contributed by atoms with van der Waals surface area (Å²) >= 11 is 7.67. The van der Waals surface area contributed by atoms with Crippen molar-refractivity contribution in [3.63, 3.8) is 0 Å². The second-order valence-corrected chi connectivity index (χ2v) is 7.23. The lowest BCUT2D eigenvalue weighted by atomic mass is 10.2. The monoisotopic (exact) mass is 380 g/mol. The Morgan fingerprint density at radius 3 is 2.12 bits per heavy atom. The summed E-state index contributed by atoms with van der Waals surface area (Å²) in [6.45, 7) is 10.7. The molecule has 0 amide bonds. The molecule has 0 aromatic heterocycles. The Kier molecular flexibility index (Phi) is 10.7. The van der Waals surface area contributed by atoms with E-state index < -0.39 is 0 Å². The van der Waals surface area contributed by atoms with Crippen LogP contribution in [0.4, 0.5) is 0 Å². The summed E-state index contributed by atoms with van der Waals surface area (Å²) in [4.78, 5) is 1.18. The van der Waals surface area contributed by atoms with Crippen molar-refractivity contribution in [3.8, 4) is 5.75 Å². The van der Waals surface area contributed by atoms with Crippen molar-refractivity contribution in [2.75, 3.05) is 12.4 Å². The van der Waals surface area contributed by atoms with Gasteiger partial charge in [0.2, 0.25) is 0 Å². The largest absolute Gasteiger partial charge is 0.491 e. The molecule has 25 heavy (non-hydrogen) atoms. The molecular formula is C21H29ClO2S. The van der Waals surface area contributed by atoms with Crippen LogP contribution in [0.15, 0.2) is 53.4 Å². The maximum Gasteiger partial charge on any atom is 0.119 e. The molecule has 1 unspecified atom stereocenters. The molecule has 0 N–H and O–H groups in total. The zero-order chi connectivity index (χ0) is 18.7. The van der Waals surface area contributed by atoms with Crippen molar-refractivity contribution in [1.82, 2.24) is 0 Å². The van der Waals surface area contributed by atoms with Gasteiger partial charge in [0.15, 0.2) is 0 Å². The maximum absolute atomic E-state index is 5.97. The quantitative estimate of drug-likeness (QED) is 0.478. The SMILES string of the molecule is CC.Cc1ccc(OCC(CSc2ccc(Cl)cc2)OC(C)C)cc1. The van der Waals surface area contributed by atoms with E-state index in [4.69, 9.17) is 21.1 Å². The minimum atomic E-state index is 0.0389. The van der Waals surface area contributed by atoms with Crippen LogP contribution in [0, 0.1) is 6.92 Å². The van der Waals surface area contributed by atoms with Gasteiger partial charge in [-0.15, -0.1) is 11.8 Å². The Morgan fingerprint density at radius 1 is 0.960 bits per heavy atom. The topological polar surface area (TPSA) is 18.5 Å². The fourth-order valence-corrected chi connectivity index (χ4v) is 3.06.